The number of pyridine rings is 1. The van der Waals surface area contributed by atoms with Gasteiger partial charge in [0.2, 0.25) is 0 Å². The van der Waals surface area contributed by atoms with E-state index in [1.165, 1.54) is 11.3 Å². The molecule has 0 amide bonds. The Labute approximate surface area is 114 Å². The summed E-state index contributed by atoms with van der Waals surface area (Å²) >= 11 is 1.52. The smallest absolute Gasteiger partial charge is 0.190 e. The van der Waals surface area contributed by atoms with Gasteiger partial charge in [0.05, 0.1) is 12.5 Å². The van der Waals surface area contributed by atoms with Gasteiger partial charge in [-0.05, 0) is 42.0 Å². The Balaban J connectivity index is 2.16. The zero-order chi connectivity index (χ0) is 13.2. The lowest BCUT2D eigenvalue weighted by molar-refractivity contribution is 0.415. The molecule has 4 heteroatoms. The molecule has 0 atom stereocenters. The molecule has 0 saturated heterocycles. The van der Waals surface area contributed by atoms with E-state index < -0.39 is 0 Å². The predicted molar refractivity (Wildman–Crippen MR) is 77.9 cm³/mol. The first-order valence-electron chi connectivity index (χ1n) is 5.81. The Kier molecular flexibility index (Phi) is 3.01. The lowest BCUT2D eigenvalue weighted by Crippen LogP contribution is -1.99. The standard InChI is InChI=1S/C15H11NO2S/c1-18-11-6-4-10(5-7-11)14-9-13(17)12-3-2-8-16-15(12)19-14/h2-9H,1H3. The molecule has 0 radical (unpaired) electrons. The summed E-state index contributed by atoms with van der Waals surface area (Å²) in [6.45, 7) is 0. The first-order chi connectivity index (χ1) is 9.28. The summed E-state index contributed by atoms with van der Waals surface area (Å²) in [7, 11) is 1.63. The molecule has 0 N–H and O–H groups in total. The minimum Gasteiger partial charge on any atom is -0.497 e. The number of nitrogens with zero attached hydrogens (tertiary/aromatic N) is 1. The quantitative estimate of drug-likeness (QED) is 0.716. The minimum atomic E-state index is 0.00710. The molecule has 2 heterocycles. The topological polar surface area (TPSA) is 39.2 Å². The van der Waals surface area contributed by atoms with Crippen LogP contribution in [-0.2, 0) is 0 Å². The van der Waals surface area contributed by atoms with Gasteiger partial charge in [-0.25, -0.2) is 4.98 Å². The summed E-state index contributed by atoms with van der Waals surface area (Å²) in [6, 6.07) is 12.9. The van der Waals surface area contributed by atoms with E-state index >= 15 is 0 Å². The number of rotatable bonds is 2. The highest BCUT2D eigenvalue weighted by Crippen LogP contribution is 2.28. The monoisotopic (exact) mass is 269 g/mol. The number of aromatic nitrogens is 1. The predicted octanol–water partition coefficient (Wildman–Crippen LogP) is 3.33. The molecule has 19 heavy (non-hydrogen) atoms. The molecule has 0 saturated carbocycles. The molecule has 0 unspecified atom stereocenters. The Hall–Kier alpha value is -2.20. The van der Waals surface area contributed by atoms with Gasteiger partial charge in [-0.15, -0.1) is 11.3 Å². The molecule has 0 aliphatic rings. The van der Waals surface area contributed by atoms with Gasteiger partial charge < -0.3 is 4.74 Å². The molecule has 0 aliphatic heterocycles. The van der Waals surface area contributed by atoms with Crippen LogP contribution in [0.5, 0.6) is 5.75 Å². The molecular formula is C15H11NO2S. The summed E-state index contributed by atoms with van der Waals surface area (Å²) in [5.74, 6) is 0.801. The SMILES string of the molecule is COc1ccc(-c2cc(=O)c3cccnc3s2)cc1. The highest BCUT2D eigenvalue weighted by Gasteiger charge is 2.05. The van der Waals surface area contributed by atoms with Crippen LogP contribution in [0.25, 0.3) is 20.7 Å². The fourth-order valence-corrected chi connectivity index (χ4v) is 2.91. The maximum absolute atomic E-state index is 12.0. The van der Waals surface area contributed by atoms with Gasteiger partial charge in [0.1, 0.15) is 10.6 Å². The normalized spacial score (nSPS) is 10.6. The van der Waals surface area contributed by atoms with Crippen LogP contribution < -0.4 is 10.2 Å². The zero-order valence-electron chi connectivity index (χ0n) is 10.3. The van der Waals surface area contributed by atoms with Crippen molar-refractivity contribution in [3.8, 4) is 16.2 Å². The molecule has 3 aromatic rings. The van der Waals surface area contributed by atoms with Gasteiger partial charge in [0.15, 0.2) is 5.43 Å². The van der Waals surface area contributed by atoms with E-state index in [0.29, 0.717) is 5.39 Å². The Morgan fingerprint density at radius 1 is 1.16 bits per heavy atom. The maximum atomic E-state index is 12.0. The van der Waals surface area contributed by atoms with E-state index in [0.717, 1.165) is 21.0 Å². The van der Waals surface area contributed by atoms with Crippen molar-refractivity contribution >= 4 is 21.6 Å². The second-order valence-electron chi connectivity index (χ2n) is 4.06. The third-order valence-electron chi connectivity index (χ3n) is 2.88. The van der Waals surface area contributed by atoms with Crippen molar-refractivity contribution in [2.24, 2.45) is 0 Å². The fourth-order valence-electron chi connectivity index (χ4n) is 1.89. The summed E-state index contributed by atoms with van der Waals surface area (Å²) < 4.78 is 5.13. The van der Waals surface area contributed by atoms with Gasteiger partial charge in [-0.1, -0.05) is 0 Å². The summed E-state index contributed by atoms with van der Waals surface area (Å²) in [5, 5.41) is 0.671. The van der Waals surface area contributed by atoms with E-state index in [-0.39, 0.29) is 5.43 Å². The average Bonchev–Trinajstić information content (AvgIpc) is 2.47. The number of benzene rings is 1. The number of methoxy groups -OCH3 is 1. The second-order valence-corrected chi connectivity index (χ2v) is 5.09. The summed E-state index contributed by atoms with van der Waals surface area (Å²) in [4.78, 5) is 18.0. The van der Waals surface area contributed by atoms with Gasteiger partial charge in [-0.3, -0.25) is 4.79 Å². The summed E-state index contributed by atoms with van der Waals surface area (Å²) in [5.41, 5.74) is 1.00. The van der Waals surface area contributed by atoms with E-state index in [1.807, 2.05) is 24.3 Å². The van der Waals surface area contributed by atoms with Crippen molar-refractivity contribution in [1.82, 2.24) is 4.98 Å². The number of hydrogen-bond donors (Lipinski definition) is 0. The first-order valence-corrected chi connectivity index (χ1v) is 6.63. The molecule has 0 aliphatic carbocycles. The van der Waals surface area contributed by atoms with E-state index in [4.69, 9.17) is 4.74 Å². The van der Waals surface area contributed by atoms with Crippen molar-refractivity contribution in [3.63, 3.8) is 0 Å². The lowest BCUT2D eigenvalue weighted by atomic mass is 10.2. The Morgan fingerprint density at radius 2 is 1.95 bits per heavy atom. The molecule has 0 fully saturated rings. The van der Waals surface area contributed by atoms with Crippen LogP contribution in [0, 0.1) is 0 Å². The van der Waals surface area contributed by atoms with Crippen molar-refractivity contribution in [1.29, 1.82) is 0 Å². The third-order valence-corrected chi connectivity index (χ3v) is 3.97. The van der Waals surface area contributed by atoms with Crippen LogP contribution in [0.4, 0.5) is 0 Å². The van der Waals surface area contributed by atoms with Crippen LogP contribution >= 0.6 is 11.3 Å². The van der Waals surface area contributed by atoms with E-state index in [9.17, 15) is 4.79 Å². The van der Waals surface area contributed by atoms with Crippen molar-refractivity contribution < 1.29 is 4.74 Å². The van der Waals surface area contributed by atoms with Gasteiger partial charge in [-0.2, -0.15) is 0 Å². The van der Waals surface area contributed by atoms with Crippen LogP contribution in [0.1, 0.15) is 0 Å². The molecule has 0 spiro atoms. The highest BCUT2D eigenvalue weighted by atomic mass is 32.1. The van der Waals surface area contributed by atoms with Crippen LogP contribution in [0.2, 0.25) is 0 Å². The molecule has 1 aromatic carbocycles. The Morgan fingerprint density at radius 3 is 2.68 bits per heavy atom. The number of fused-ring (bicyclic) bond motifs is 1. The fraction of sp³-hybridized carbons (Fsp3) is 0.0667. The first kappa shape index (κ1) is 11.9. The van der Waals surface area contributed by atoms with Gasteiger partial charge in [0.25, 0.3) is 0 Å². The molecular weight excluding hydrogens is 258 g/mol. The molecule has 2 aromatic heterocycles. The third kappa shape index (κ3) is 2.22. The number of ether oxygens (including phenoxy) is 1. The number of hydrogen-bond acceptors (Lipinski definition) is 4. The minimum absolute atomic E-state index is 0.00710. The summed E-state index contributed by atoms with van der Waals surface area (Å²) in [6.07, 6.45) is 1.70. The van der Waals surface area contributed by atoms with Crippen molar-refractivity contribution in [3.05, 3.63) is 58.9 Å². The van der Waals surface area contributed by atoms with Crippen LogP contribution in [0.3, 0.4) is 0 Å². The zero-order valence-corrected chi connectivity index (χ0v) is 11.1. The van der Waals surface area contributed by atoms with Crippen molar-refractivity contribution in [2.75, 3.05) is 7.11 Å². The second kappa shape index (κ2) is 4.82. The Bertz CT molecular complexity index is 778. The lowest BCUT2D eigenvalue weighted by Gasteiger charge is -2.03. The van der Waals surface area contributed by atoms with Crippen LogP contribution in [0.15, 0.2) is 53.5 Å². The molecule has 3 nitrogen and oxygen atoms in total. The molecule has 0 bridgehead atoms. The average molecular weight is 269 g/mol. The maximum Gasteiger partial charge on any atom is 0.190 e. The van der Waals surface area contributed by atoms with E-state index in [1.54, 1.807) is 31.5 Å². The highest BCUT2D eigenvalue weighted by molar-refractivity contribution is 7.21. The van der Waals surface area contributed by atoms with E-state index in [2.05, 4.69) is 4.98 Å². The molecule has 94 valence electrons. The van der Waals surface area contributed by atoms with Crippen molar-refractivity contribution in [2.45, 2.75) is 0 Å². The largest absolute Gasteiger partial charge is 0.497 e. The van der Waals surface area contributed by atoms with Gasteiger partial charge in [0, 0.05) is 17.1 Å². The van der Waals surface area contributed by atoms with Crippen LogP contribution in [-0.4, -0.2) is 12.1 Å². The molecule has 3 rings (SSSR count). The van der Waals surface area contributed by atoms with Gasteiger partial charge >= 0.3 is 0 Å².